The van der Waals surface area contributed by atoms with Crippen LogP contribution in [0.1, 0.15) is 93.2 Å². The van der Waals surface area contributed by atoms with Crippen molar-refractivity contribution in [3.05, 3.63) is 77.4 Å². The van der Waals surface area contributed by atoms with Gasteiger partial charge in [0.1, 0.15) is 12.1 Å². The number of carbonyl (C=O) groups is 6. The lowest BCUT2D eigenvalue weighted by atomic mass is 9.76. The van der Waals surface area contributed by atoms with Crippen molar-refractivity contribution >= 4 is 45.6 Å². The summed E-state index contributed by atoms with van der Waals surface area (Å²) in [5, 5.41) is 14.0. The van der Waals surface area contributed by atoms with Gasteiger partial charge in [-0.2, -0.15) is 0 Å². The number of amides is 7. The van der Waals surface area contributed by atoms with Gasteiger partial charge in [0.15, 0.2) is 0 Å². The molecule has 0 heterocycles. The smallest absolute Gasteiger partial charge is 0.312 e. The van der Waals surface area contributed by atoms with Gasteiger partial charge in [-0.3, -0.25) is 24.0 Å². The second kappa shape index (κ2) is 23.4. The normalized spacial score (nSPS) is 14.7. The Labute approximate surface area is 373 Å². The lowest BCUT2D eigenvalue weighted by Gasteiger charge is -2.40. The summed E-state index contributed by atoms with van der Waals surface area (Å²) in [4.78, 5) is 79.7. The minimum atomic E-state index is -4.36. The van der Waals surface area contributed by atoms with Crippen molar-refractivity contribution in [1.29, 1.82) is 0 Å². The number of primary amides is 1. The molecule has 0 saturated carbocycles. The van der Waals surface area contributed by atoms with Crippen LogP contribution in [0.5, 0.6) is 0 Å². The molecule has 0 saturated heterocycles. The van der Waals surface area contributed by atoms with Crippen LogP contribution < -0.4 is 42.8 Å². The molecule has 0 spiro atoms. The Balaban J connectivity index is 2.20. The average Bonchev–Trinajstić information content (AvgIpc) is 3.20. The third-order valence-electron chi connectivity index (χ3n) is 11.0. The van der Waals surface area contributed by atoms with Crippen LogP contribution in [0.15, 0.2) is 71.1 Å². The highest BCUT2D eigenvalue weighted by molar-refractivity contribution is 7.90. The largest absolute Gasteiger partial charge is 0.352 e. The first-order valence-electron chi connectivity index (χ1n) is 21.2. The van der Waals surface area contributed by atoms with E-state index in [9.17, 15) is 37.2 Å². The number of hydrogen-bond acceptors (Lipinski definition) is 10. The third-order valence-corrected chi connectivity index (χ3v) is 12.3. The molecule has 2 aromatic carbocycles. The maximum Gasteiger partial charge on any atom is 0.312 e. The predicted molar refractivity (Wildman–Crippen MR) is 244 cm³/mol. The Morgan fingerprint density at radius 3 is 1.89 bits per heavy atom. The number of rotatable bonds is 22. The molecule has 0 aliphatic heterocycles. The van der Waals surface area contributed by atoms with Crippen molar-refractivity contribution in [2.45, 2.75) is 129 Å². The molecule has 0 radical (unpaired) electrons. The summed E-state index contributed by atoms with van der Waals surface area (Å²) < 4.78 is 28.8. The van der Waals surface area contributed by atoms with Crippen LogP contribution in [-0.2, 0) is 46.0 Å². The highest BCUT2D eigenvalue weighted by Crippen LogP contribution is 2.29. The van der Waals surface area contributed by atoms with Crippen LogP contribution >= 0.6 is 0 Å². The van der Waals surface area contributed by atoms with Gasteiger partial charge < -0.3 is 43.0 Å². The molecule has 0 bridgehead atoms. The summed E-state index contributed by atoms with van der Waals surface area (Å²) in [5.41, 5.74) is 11.3. The van der Waals surface area contributed by atoms with Crippen molar-refractivity contribution < 1.29 is 37.2 Å². The van der Waals surface area contributed by atoms with E-state index in [-0.39, 0.29) is 53.6 Å². The van der Waals surface area contributed by atoms with E-state index in [2.05, 4.69) is 31.3 Å². The number of nitrogens with zero attached hydrogens (tertiary/aromatic N) is 1. The topological polar surface area (TPSA) is 264 Å². The summed E-state index contributed by atoms with van der Waals surface area (Å²) in [5.74, 6) is -3.05. The van der Waals surface area contributed by atoms with Crippen molar-refractivity contribution in [1.82, 2.24) is 36.2 Å². The maximum absolute atomic E-state index is 14.3. The van der Waals surface area contributed by atoms with Gasteiger partial charge in [0, 0.05) is 31.1 Å². The Morgan fingerprint density at radius 2 is 1.38 bits per heavy atom. The number of benzene rings is 2. The van der Waals surface area contributed by atoms with E-state index in [0.29, 0.717) is 12.0 Å². The number of urea groups is 1. The zero-order chi connectivity index (χ0) is 48.0. The summed E-state index contributed by atoms with van der Waals surface area (Å²) in [6, 6.07) is 10.3. The monoisotopic (exact) mass is 898 g/mol. The van der Waals surface area contributed by atoms with Crippen LogP contribution in [0.2, 0.25) is 0 Å². The molecule has 350 valence electrons. The van der Waals surface area contributed by atoms with Crippen LogP contribution in [0.3, 0.4) is 0 Å². The Morgan fingerprint density at radius 1 is 0.794 bits per heavy atom. The Kier molecular flexibility index (Phi) is 20.0. The fraction of sp³-hybridized carbons (Fsp3) is 0.556. The fourth-order valence-corrected chi connectivity index (χ4v) is 7.90. The van der Waals surface area contributed by atoms with E-state index < -0.39 is 74.8 Å². The molecule has 0 aliphatic rings. The molecule has 63 heavy (non-hydrogen) atoms. The first kappa shape index (κ1) is 53.8. The summed E-state index contributed by atoms with van der Waals surface area (Å²) in [6.07, 6.45) is 2.05. The van der Waals surface area contributed by atoms with Crippen LogP contribution in [-0.4, -0.2) is 99.7 Å². The number of carbonyl (C=O) groups excluding carboxylic acids is 6. The molecule has 0 fully saturated rings. The van der Waals surface area contributed by atoms with E-state index in [4.69, 9.17) is 11.5 Å². The van der Waals surface area contributed by atoms with Crippen molar-refractivity contribution in [2.75, 3.05) is 20.6 Å². The lowest BCUT2D eigenvalue weighted by Crippen LogP contribution is -2.61. The van der Waals surface area contributed by atoms with Crippen molar-refractivity contribution in [3.63, 3.8) is 0 Å². The minimum absolute atomic E-state index is 0.0141. The van der Waals surface area contributed by atoms with Gasteiger partial charge in [-0.25, -0.2) is 17.9 Å². The average molecular weight is 898 g/mol. The molecule has 18 heteroatoms. The molecule has 5 atom stereocenters. The molecular formula is C45H71N9O8S. The van der Waals surface area contributed by atoms with Crippen LogP contribution in [0.4, 0.5) is 4.79 Å². The number of nitrogens with two attached hydrogens (primary N) is 2. The maximum atomic E-state index is 14.3. The summed E-state index contributed by atoms with van der Waals surface area (Å²) >= 11 is 0. The van der Waals surface area contributed by atoms with Crippen molar-refractivity contribution in [3.8, 4) is 0 Å². The van der Waals surface area contributed by atoms with E-state index in [1.54, 1.807) is 27.9 Å². The molecule has 17 nitrogen and oxygen atoms in total. The van der Waals surface area contributed by atoms with Gasteiger partial charge in [0.05, 0.1) is 23.0 Å². The van der Waals surface area contributed by atoms with Crippen molar-refractivity contribution in [2.24, 2.45) is 28.7 Å². The van der Waals surface area contributed by atoms with Crippen LogP contribution in [0, 0.1) is 17.3 Å². The third kappa shape index (κ3) is 15.8. The molecule has 2 aromatic rings. The van der Waals surface area contributed by atoms with Gasteiger partial charge >= 0.3 is 6.03 Å². The molecule has 10 N–H and O–H groups in total. The molecule has 0 aliphatic carbocycles. The van der Waals surface area contributed by atoms with E-state index >= 15 is 0 Å². The standard InChI is InChI=1S/C45H71N9O8S/c1-27(2)34(54(12)42(59)37(44(6,7)8)52-41(58)36(48-11)45(9,10)31-17-14-13-15-18-31)25-29(5)38(55)53-63(61,62)32-22-20-30(21-23-32)26-50-39(56)33(19-16-24-49-43(47)60)51-40(57)35(46)28(3)4/h13-15,17-18,20-23,25,27-28,33-37,48H,16,19,24,26,46H2,1-12H3,(H,50,56)(H,51,57)(H,52,58)(H,53,55)(H3,47,49,60). The number of hydrogen-bond donors (Lipinski definition) is 8. The second-order valence-electron chi connectivity index (χ2n) is 18.2. The number of sulfonamides is 1. The van der Waals surface area contributed by atoms with Gasteiger partial charge in [-0.05, 0) is 67.3 Å². The Hall–Kier alpha value is -5.33. The fourth-order valence-electron chi connectivity index (χ4n) is 6.88. The molecule has 7 amide bonds. The first-order chi connectivity index (χ1) is 29.1. The molecule has 5 unspecified atom stereocenters. The highest BCUT2D eigenvalue weighted by atomic mass is 32.2. The second-order valence-corrected chi connectivity index (χ2v) is 19.9. The Bertz CT molecular complexity index is 2030. The number of nitrogens with one attached hydrogen (secondary N) is 6. The van der Waals surface area contributed by atoms with E-state index in [1.165, 1.54) is 42.2 Å². The SMILES string of the molecule is CNC(C(=O)NC(C(=O)N(C)C(C=C(C)C(=O)NS(=O)(=O)c1ccc(CNC(=O)C(CCCNC(N)=O)NC(=O)C(N)C(C)C)cc1)C(C)C)C(C)(C)C)C(C)(C)c1ccccc1. The lowest BCUT2D eigenvalue weighted by molar-refractivity contribution is -0.140. The quantitative estimate of drug-likeness (QED) is 0.0633. The zero-order valence-corrected chi connectivity index (χ0v) is 39.7. The minimum Gasteiger partial charge on any atom is -0.352 e. The predicted octanol–water partition coefficient (Wildman–Crippen LogP) is 2.55. The van der Waals surface area contributed by atoms with Gasteiger partial charge in [-0.1, -0.05) is 111 Å². The summed E-state index contributed by atoms with van der Waals surface area (Å²) in [7, 11) is -1.07. The van der Waals surface area contributed by atoms with Gasteiger partial charge in [0.2, 0.25) is 23.6 Å². The molecule has 2 rings (SSSR count). The first-order valence-corrected chi connectivity index (χ1v) is 22.6. The van der Waals surface area contributed by atoms with Gasteiger partial charge in [-0.15, -0.1) is 0 Å². The number of likely N-dealkylation sites (N-methyl/N-ethyl adjacent to an activating group) is 2. The zero-order valence-electron chi connectivity index (χ0n) is 38.9. The molecular weight excluding hydrogens is 827 g/mol. The molecule has 0 aromatic heterocycles. The van der Waals surface area contributed by atoms with Crippen LogP contribution in [0.25, 0.3) is 0 Å². The highest BCUT2D eigenvalue weighted by Gasteiger charge is 2.42. The summed E-state index contributed by atoms with van der Waals surface area (Å²) in [6.45, 7) is 18.4. The van der Waals surface area contributed by atoms with Gasteiger partial charge in [0.25, 0.3) is 15.9 Å². The van der Waals surface area contributed by atoms with E-state index in [0.717, 1.165) is 5.56 Å². The van der Waals surface area contributed by atoms with E-state index in [1.807, 2.05) is 78.8 Å².